The van der Waals surface area contributed by atoms with Crippen LogP contribution >= 0.6 is 0 Å². The van der Waals surface area contributed by atoms with E-state index in [2.05, 4.69) is 5.32 Å². The van der Waals surface area contributed by atoms with Gasteiger partial charge in [-0.25, -0.2) is 0 Å². The van der Waals surface area contributed by atoms with E-state index in [0.717, 1.165) is 25.1 Å². The molecule has 0 spiro atoms. The summed E-state index contributed by atoms with van der Waals surface area (Å²) in [6.45, 7) is 2.12. The third-order valence-corrected chi connectivity index (χ3v) is 3.26. The minimum atomic E-state index is -0.182. The predicted molar refractivity (Wildman–Crippen MR) is 65.6 cm³/mol. The number of hydrogen-bond donors (Lipinski definition) is 3. The highest BCUT2D eigenvalue weighted by molar-refractivity contribution is 5.52. The van der Waals surface area contributed by atoms with Crippen LogP contribution in [0.3, 0.4) is 0 Å². The molecule has 1 aromatic carbocycles. The summed E-state index contributed by atoms with van der Waals surface area (Å²) in [6, 6.07) is 3.41. The van der Waals surface area contributed by atoms with Gasteiger partial charge in [0.15, 0.2) is 11.5 Å². The SMILES string of the molecule is COc1cc(CC2CCCNC2)cc(O)c1O. The number of hydrogen-bond acceptors (Lipinski definition) is 4. The molecule has 0 aromatic heterocycles. The van der Waals surface area contributed by atoms with Crippen molar-refractivity contribution >= 4 is 0 Å². The van der Waals surface area contributed by atoms with Gasteiger partial charge >= 0.3 is 0 Å². The molecule has 4 nitrogen and oxygen atoms in total. The Bertz CT molecular complexity index is 386. The van der Waals surface area contributed by atoms with Gasteiger partial charge in [0.2, 0.25) is 5.75 Å². The Morgan fingerprint density at radius 2 is 2.24 bits per heavy atom. The van der Waals surface area contributed by atoms with Gasteiger partial charge in [0.05, 0.1) is 7.11 Å². The fourth-order valence-corrected chi connectivity index (χ4v) is 2.35. The van der Waals surface area contributed by atoms with Gasteiger partial charge < -0.3 is 20.3 Å². The van der Waals surface area contributed by atoms with E-state index in [1.807, 2.05) is 0 Å². The van der Waals surface area contributed by atoms with Crippen molar-refractivity contribution in [2.45, 2.75) is 19.3 Å². The second kappa shape index (κ2) is 5.27. The Morgan fingerprint density at radius 3 is 2.88 bits per heavy atom. The zero-order chi connectivity index (χ0) is 12.3. The van der Waals surface area contributed by atoms with Crippen LogP contribution in [0.2, 0.25) is 0 Å². The largest absolute Gasteiger partial charge is 0.504 e. The number of benzene rings is 1. The molecule has 4 heteroatoms. The molecule has 1 unspecified atom stereocenters. The molecule has 0 amide bonds. The summed E-state index contributed by atoms with van der Waals surface area (Å²) in [5, 5.41) is 22.5. The maximum absolute atomic E-state index is 9.60. The standard InChI is InChI=1S/C13H19NO3/c1-17-12-7-10(6-11(15)13(12)16)5-9-3-2-4-14-8-9/h6-7,9,14-16H,2-5,8H2,1H3. The van der Waals surface area contributed by atoms with Gasteiger partial charge in [-0.05, 0) is 56.0 Å². The van der Waals surface area contributed by atoms with Crippen LogP contribution in [-0.4, -0.2) is 30.4 Å². The molecule has 1 fully saturated rings. The van der Waals surface area contributed by atoms with E-state index in [-0.39, 0.29) is 11.5 Å². The number of rotatable bonds is 3. The molecular weight excluding hydrogens is 218 g/mol. The zero-order valence-electron chi connectivity index (χ0n) is 10.1. The molecule has 0 aliphatic carbocycles. The van der Waals surface area contributed by atoms with Crippen molar-refractivity contribution in [3.05, 3.63) is 17.7 Å². The lowest BCUT2D eigenvalue weighted by molar-refractivity contribution is 0.347. The van der Waals surface area contributed by atoms with E-state index in [0.29, 0.717) is 11.7 Å². The normalized spacial score (nSPS) is 20.2. The van der Waals surface area contributed by atoms with Crippen LogP contribution in [-0.2, 0) is 6.42 Å². The highest BCUT2D eigenvalue weighted by Crippen LogP contribution is 2.37. The molecular formula is C13H19NO3. The first-order valence-corrected chi connectivity index (χ1v) is 6.00. The van der Waals surface area contributed by atoms with E-state index in [9.17, 15) is 10.2 Å². The van der Waals surface area contributed by atoms with Crippen LogP contribution in [0.1, 0.15) is 18.4 Å². The second-order valence-electron chi connectivity index (χ2n) is 4.58. The van der Waals surface area contributed by atoms with E-state index in [1.165, 1.54) is 20.0 Å². The van der Waals surface area contributed by atoms with Gasteiger partial charge in [0.1, 0.15) is 0 Å². The minimum Gasteiger partial charge on any atom is -0.504 e. The molecule has 0 radical (unpaired) electrons. The number of piperidine rings is 1. The van der Waals surface area contributed by atoms with Crippen LogP contribution in [0.15, 0.2) is 12.1 Å². The molecule has 0 bridgehead atoms. The molecule has 1 atom stereocenters. The number of methoxy groups -OCH3 is 1. The van der Waals surface area contributed by atoms with E-state index < -0.39 is 0 Å². The summed E-state index contributed by atoms with van der Waals surface area (Å²) < 4.78 is 5.03. The van der Waals surface area contributed by atoms with Gasteiger partial charge in [-0.2, -0.15) is 0 Å². The lowest BCUT2D eigenvalue weighted by atomic mass is 9.92. The summed E-state index contributed by atoms with van der Waals surface area (Å²) in [6.07, 6.45) is 3.31. The summed E-state index contributed by atoms with van der Waals surface area (Å²) in [5.74, 6) is 0.641. The topological polar surface area (TPSA) is 61.7 Å². The molecule has 1 aromatic rings. The van der Waals surface area contributed by atoms with Gasteiger partial charge in [-0.15, -0.1) is 0 Å². The summed E-state index contributed by atoms with van der Waals surface area (Å²) in [4.78, 5) is 0. The first kappa shape index (κ1) is 12.0. The summed E-state index contributed by atoms with van der Waals surface area (Å²) in [5.41, 5.74) is 1.01. The lowest BCUT2D eigenvalue weighted by Gasteiger charge is -2.23. The van der Waals surface area contributed by atoms with E-state index in [4.69, 9.17) is 4.74 Å². The average molecular weight is 237 g/mol. The highest BCUT2D eigenvalue weighted by atomic mass is 16.5. The Labute approximate surface area is 101 Å². The lowest BCUT2D eigenvalue weighted by Crippen LogP contribution is -2.30. The molecule has 3 N–H and O–H groups in total. The number of phenolic OH excluding ortho intramolecular Hbond substituents is 2. The van der Waals surface area contributed by atoms with Gasteiger partial charge in [-0.3, -0.25) is 0 Å². The van der Waals surface area contributed by atoms with Crippen molar-refractivity contribution in [3.8, 4) is 17.2 Å². The number of ether oxygens (including phenoxy) is 1. The molecule has 94 valence electrons. The molecule has 2 rings (SSSR count). The van der Waals surface area contributed by atoms with Crippen LogP contribution in [0, 0.1) is 5.92 Å². The maximum Gasteiger partial charge on any atom is 0.200 e. The molecule has 1 heterocycles. The Morgan fingerprint density at radius 1 is 1.41 bits per heavy atom. The van der Waals surface area contributed by atoms with Gasteiger partial charge in [0.25, 0.3) is 0 Å². The van der Waals surface area contributed by atoms with E-state index >= 15 is 0 Å². The highest BCUT2D eigenvalue weighted by Gasteiger charge is 2.16. The molecule has 17 heavy (non-hydrogen) atoms. The number of nitrogens with one attached hydrogen (secondary N) is 1. The van der Waals surface area contributed by atoms with Crippen molar-refractivity contribution < 1.29 is 14.9 Å². The fraction of sp³-hybridized carbons (Fsp3) is 0.538. The fourth-order valence-electron chi connectivity index (χ4n) is 2.35. The van der Waals surface area contributed by atoms with E-state index in [1.54, 1.807) is 12.1 Å². The van der Waals surface area contributed by atoms with Crippen molar-refractivity contribution in [2.24, 2.45) is 5.92 Å². The molecule has 1 aliphatic heterocycles. The molecule has 1 aliphatic rings. The second-order valence-corrected chi connectivity index (χ2v) is 4.58. The predicted octanol–water partition coefficient (Wildman–Crippen LogP) is 1.65. The quantitative estimate of drug-likeness (QED) is 0.699. The van der Waals surface area contributed by atoms with Crippen molar-refractivity contribution in [1.29, 1.82) is 0 Å². The Kier molecular flexibility index (Phi) is 3.74. The third-order valence-electron chi connectivity index (χ3n) is 3.26. The van der Waals surface area contributed by atoms with Crippen LogP contribution in [0.25, 0.3) is 0 Å². The Balaban J connectivity index is 2.12. The van der Waals surface area contributed by atoms with Crippen LogP contribution < -0.4 is 10.1 Å². The smallest absolute Gasteiger partial charge is 0.200 e. The minimum absolute atomic E-state index is 0.108. The zero-order valence-corrected chi connectivity index (χ0v) is 10.1. The van der Waals surface area contributed by atoms with Crippen molar-refractivity contribution in [2.75, 3.05) is 20.2 Å². The van der Waals surface area contributed by atoms with Crippen LogP contribution in [0.5, 0.6) is 17.2 Å². The van der Waals surface area contributed by atoms with Gasteiger partial charge in [-0.1, -0.05) is 0 Å². The van der Waals surface area contributed by atoms with Crippen LogP contribution in [0.4, 0.5) is 0 Å². The summed E-state index contributed by atoms with van der Waals surface area (Å²) >= 11 is 0. The monoisotopic (exact) mass is 237 g/mol. The first-order chi connectivity index (χ1) is 8.20. The van der Waals surface area contributed by atoms with Crippen molar-refractivity contribution in [1.82, 2.24) is 5.32 Å². The maximum atomic E-state index is 9.60. The Hall–Kier alpha value is -1.42. The number of phenols is 2. The third kappa shape index (κ3) is 2.82. The molecule has 0 saturated carbocycles. The number of aromatic hydroxyl groups is 2. The first-order valence-electron chi connectivity index (χ1n) is 6.00. The van der Waals surface area contributed by atoms with Gasteiger partial charge in [0, 0.05) is 0 Å². The van der Waals surface area contributed by atoms with Crippen molar-refractivity contribution in [3.63, 3.8) is 0 Å². The average Bonchev–Trinajstić information content (AvgIpc) is 2.35. The summed E-state index contributed by atoms with van der Waals surface area (Å²) in [7, 11) is 1.49. The molecule has 1 saturated heterocycles.